The monoisotopic (exact) mass is 311 g/mol. The summed E-state index contributed by atoms with van der Waals surface area (Å²) in [6, 6.07) is 11.7. The van der Waals surface area contributed by atoms with Crippen molar-refractivity contribution in [2.75, 3.05) is 0 Å². The topological polar surface area (TPSA) is 22.1 Å². The fraction of sp³-hybridized carbons (Fsp3) is 0.0833. The fourth-order valence-corrected chi connectivity index (χ4v) is 1.72. The van der Waals surface area contributed by atoms with Crippen LogP contribution in [0.5, 0.6) is 11.5 Å². The molecule has 0 aliphatic heterocycles. The van der Waals surface area contributed by atoms with Gasteiger partial charge >= 0.3 is 0 Å². The molecule has 0 unspecified atom stereocenters. The highest BCUT2D eigenvalue weighted by Crippen LogP contribution is 2.27. The molecular weight excluding hydrogens is 301 g/mol. The minimum Gasteiger partial charge on any atom is -0.454 e. The molecule has 0 saturated carbocycles. The van der Waals surface area contributed by atoms with E-state index < -0.39 is 0 Å². The van der Waals surface area contributed by atoms with Gasteiger partial charge in [-0.2, -0.15) is 0 Å². The van der Waals surface area contributed by atoms with Crippen molar-refractivity contribution < 1.29 is 4.74 Å². The first-order valence-corrected chi connectivity index (χ1v) is 5.69. The van der Waals surface area contributed by atoms with Gasteiger partial charge in [0.25, 0.3) is 0 Å². The van der Waals surface area contributed by atoms with E-state index >= 15 is 0 Å². The number of aryl methyl sites for hydroxylation is 1. The summed E-state index contributed by atoms with van der Waals surface area (Å²) in [5, 5.41) is 0. The molecule has 2 aromatic rings. The molecular formula is C12H10INO. The summed E-state index contributed by atoms with van der Waals surface area (Å²) < 4.78 is 6.87. The first kappa shape index (κ1) is 10.4. The van der Waals surface area contributed by atoms with Gasteiger partial charge in [-0.1, -0.05) is 12.1 Å². The van der Waals surface area contributed by atoms with E-state index in [0.717, 1.165) is 20.8 Å². The van der Waals surface area contributed by atoms with Gasteiger partial charge in [0.15, 0.2) is 0 Å². The number of nitrogens with zero attached hydrogens (tertiary/aromatic N) is 1. The quantitative estimate of drug-likeness (QED) is 0.787. The van der Waals surface area contributed by atoms with E-state index in [1.54, 1.807) is 6.20 Å². The van der Waals surface area contributed by atoms with Gasteiger partial charge in [0.1, 0.15) is 11.5 Å². The molecule has 0 spiro atoms. The van der Waals surface area contributed by atoms with Crippen molar-refractivity contribution in [2.45, 2.75) is 6.92 Å². The Kier molecular flexibility index (Phi) is 3.20. The van der Waals surface area contributed by atoms with E-state index in [9.17, 15) is 0 Å². The average molecular weight is 311 g/mol. The second-order valence-electron chi connectivity index (χ2n) is 3.12. The van der Waals surface area contributed by atoms with Crippen molar-refractivity contribution in [1.82, 2.24) is 4.98 Å². The van der Waals surface area contributed by atoms with Gasteiger partial charge in [-0.15, -0.1) is 0 Å². The maximum Gasteiger partial charge on any atom is 0.148 e. The molecule has 1 aromatic carbocycles. The summed E-state index contributed by atoms with van der Waals surface area (Å²) in [7, 11) is 0. The zero-order chi connectivity index (χ0) is 10.7. The molecule has 0 aliphatic carbocycles. The summed E-state index contributed by atoms with van der Waals surface area (Å²) in [4.78, 5) is 4.18. The number of para-hydroxylation sites is 1. The van der Waals surface area contributed by atoms with Crippen LogP contribution in [0.25, 0.3) is 0 Å². The summed E-state index contributed by atoms with van der Waals surface area (Å²) >= 11 is 2.25. The lowest BCUT2D eigenvalue weighted by molar-refractivity contribution is 0.472. The second kappa shape index (κ2) is 4.61. The molecule has 76 valence electrons. The van der Waals surface area contributed by atoms with Crippen LogP contribution in [0.3, 0.4) is 0 Å². The molecule has 0 aliphatic rings. The lowest BCUT2D eigenvalue weighted by Crippen LogP contribution is -1.91. The summed E-state index contributed by atoms with van der Waals surface area (Å²) in [5.74, 6) is 1.68. The predicted molar refractivity (Wildman–Crippen MR) is 68.2 cm³/mol. The number of pyridine rings is 1. The normalized spacial score (nSPS) is 10.0. The highest BCUT2D eigenvalue weighted by atomic mass is 127. The van der Waals surface area contributed by atoms with E-state index in [1.807, 2.05) is 43.3 Å². The number of aromatic nitrogens is 1. The lowest BCUT2D eigenvalue weighted by atomic mass is 10.3. The number of hydrogen-bond donors (Lipinski definition) is 0. The minimum absolute atomic E-state index is 0.807. The molecule has 0 amide bonds. The molecule has 1 heterocycles. The summed E-state index contributed by atoms with van der Waals surface area (Å²) in [5.41, 5.74) is 0.900. The Labute approximate surface area is 102 Å². The van der Waals surface area contributed by atoms with Crippen LogP contribution in [0, 0.1) is 10.5 Å². The third-order valence-electron chi connectivity index (χ3n) is 2.02. The molecule has 0 saturated heterocycles. The molecule has 0 fully saturated rings. The van der Waals surface area contributed by atoms with Gasteiger partial charge in [-0.25, -0.2) is 0 Å². The van der Waals surface area contributed by atoms with Crippen molar-refractivity contribution in [3.8, 4) is 11.5 Å². The number of halogens is 1. The number of rotatable bonds is 2. The Bertz CT molecular complexity index is 427. The zero-order valence-corrected chi connectivity index (χ0v) is 10.4. The van der Waals surface area contributed by atoms with Gasteiger partial charge < -0.3 is 4.74 Å². The molecule has 2 nitrogen and oxygen atoms in total. The minimum atomic E-state index is 0.807. The van der Waals surface area contributed by atoms with Gasteiger partial charge in [0.2, 0.25) is 0 Å². The van der Waals surface area contributed by atoms with Gasteiger partial charge in [-0.05, 0) is 53.8 Å². The average Bonchev–Trinajstić information content (AvgIpc) is 2.24. The van der Waals surface area contributed by atoms with Crippen molar-refractivity contribution in [3.63, 3.8) is 0 Å². The van der Waals surface area contributed by atoms with Crippen LogP contribution in [0.1, 0.15) is 5.69 Å². The molecule has 3 heteroatoms. The van der Waals surface area contributed by atoms with E-state index in [1.165, 1.54) is 0 Å². The van der Waals surface area contributed by atoms with Crippen LogP contribution in [0.15, 0.2) is 42.6 Å². The van der Waals surface area contributed by atoms with Gasteiger partial charge in [0, 0.05) is 6.20 Å². The number of ether oxygens (including phenoxy) is 1. The fourth-order valence-electron chi connectivity index (χ4n) is 1.22. The maximum atomic E-state index is 5.77. The smallest absolute Gasteiger partial charge is 0.148 e. The van der Waals surface area contributed by atoms with E-state index in [4.69, 9.17) is 4.74 Å². The standard InChI is InChI=1S/C12H10INO/c1-9-11(7-4-8-14-9)15-12-6-3-2-5-10(12)13/h2-8H,1H3. The molecule has 0 radical (unpaired) electrons. The van der Waals surface area contributed by atoms with Crippen LogP contribution in [-0.2, 0) is 0 Å². The predicted octanol–water partition coefficient (Wildman–Crippen LogP) is 3.79. The maximum absolute atomic E-state index is 5.77. The Morgan fingerprint density at radius 1 is 1.07 bits per heavy atom. The third kappa shape index (κ3) is 2.47. The molecule has 2 rings (SSSR count). The van der Waals surface area contributed by atoms with Crippen molar-refractivity contribution >= 4 is 22.6 Å². The lowest BCUT2D eigenvalue weighted by Gasteiger charge is -2.08. The largest absolute Gasteiger partial charge is 0.454 e. The second-order valence-corrected chi connectivity index (χ2v) is 4.28. The molecule has 0 N–H and O–H groups in total. The zero-order valence-electron chi connectivity index (χ0n) is 8.27. The van der Waals surface area contributed by atoms with Crippen LogP contribution in [0.2, 0.25) is 0 Å². The van der Waals surface area contributed by atoms with Gasteiger partial charge in [0.05, 0.1) is 9.26 Å². The Balaban J connectivity index is 2.30. The Morgan fingerprint density at radius 2 is 1.80 bits per heavy atom. The molecule has 0 bridgehead atoms. The van der Waals surface area contributed by atoms with Crippen molar-refractivity contribution in [2.24, 2.45) is 0 Å². The number of benzene rings is 1. The Hall–Kier alpha value is -1.10. The van der Waals surface area contributed by atoms with Crippen molar-refractivity contribution in [1.29, 1.82) is 0 Å². The highest BCUT2D eigenvalue weighted by molar-refractivity contribution is 14.1. The molecule has 0 atom stereocenters. The van der Waals surface area contributed by atoms with E-state index in [2.05, 4.69) is 27.6 Å². The van der Waals surface area contributed by atoms with Crippen molar-refractivity contribution in [3.05, 3.63) is 51.9 Å². The number of hydrogen-bond acceptors (Lipinski definition) is 2. The van der Waals surface area contributed by atoms with E-state index in [-0.39, 0.29) is 0 Å². The summed E-state index contributed by atoms with van der Waals surface area (Å²) in [6.07, 6.45) is 1.76. The third-order valence-corrected chi connectivity index (χ3v) is 2.91. The summed E-state index contributed by atoms with van der Waals surface area (Å²) in [6.45, 7) is 1.94. The first-order valence-electron chi connectivity index (χ1n) is 4.61. The SMILES string of the molecule is Cc1ncccc1Oc1ccccc1I. The first-order chi connectivity index (χ1) is 7.27. The van der Waals surface area contributed by atoms with Crippen LogP contribution in [-0.4, -0.2) is 4.98 Å². The van der Waals surface area contributed by atoms with Crippen LogP contribution in [0.4, 0.5) is 0 Å². The van der Waals surface area contributed by atoms with Crippen LogP contribution < -0.4 is 4.74 Å². The molecule has 15 heavy (non-hydrogen) atoms. The molecule has 1 aromatic heterocycles. The van der Waals surface area contributed by atoms with E-state index in [0.29, 0.717) is 0 Å². The highest BCUT2D eigenvalue weighted by Gasteiger charge is 2.03. The van der Waals surface area contributed by atoms with Gasteiger partial charge in [-0.3, -0.25) is 4.98 Å². The Morgan fingerprint density at radius 3 is 2.53 bits per heavy atom. The van der Waals surface area contributed by atoms with Crippen LogP contribution >= 0.6 is 22.6 Å².